The molecule has 4 heteroatoms. The van der Waals surface area contributed by atoms with Crippen molar-refractivity contribution in [1.82, 2.24) is 0 Å². The highest BCUT2D eigenvalue weighted by Gasteiger charge is 2.24. The maximum Gasteiger partial charge on any atom is 0.231 e. The molecule has 0 spiro atoms. The van der Waals surface area contributed by atoms with E-state index in [1.54, 1.807) is 12.0 Å². The second-order valence-electron chi connectivity index (χ2n) is 4.41. The Morgan fingerprint density at radius 2 is 2.29 bits per heavy atom. The molecule has 0 saturated carbocycles. The molecule has 1 aliphatic rings. The van der Waals surface area contributed by atoms with Crippen LogP contribution in [0.15, 0.2) is 18.2 Å². The lowest BCUT2D eigenvalue weighted by atomic mass is 9.97. The third-order valence-electron chi connectivity index (χ3n) is 3.30. The van der Waals surface area contributed by atoms with Gasteiger partial charge in [0.1, 0.15) is 0 Å². The van der Waals surface area contributed by atoms with Crippen LogP contribution in [0, 0.1) is 0 Å². The second kappa shape index (κ2) is 4.85. The number of hydrogen-bond donors (Lipinski definition) is 1. The average Bonchev–Trinajstić information content (AvgIpc) is 2.61. The molecule has 0 aromatic heterocycles. The lowest BCUT2D eigenvalue weighted by Gasteiger charge is -2.16. The number of amides is 1. The van der Waals surface area contributed by atoms with Crippen LogP contribution in [-0.2, 0) is 16.0 Å². The van der Waals surface area contributed by atoms with Gasteiger partial charge in [-0.15, -0.1) is 0 Å². The van der Waals surface area contributed by atoms with Gasteiger partial charge in [0.2, 0.25) is 5.91 Å². The molecular weight excluding hydrogens is 216 g/mol. The number of nitrogens with zero attached hydrogens (tertiary/aromatic N) is 1. The maximum atomic E-state index is 11.6. The fraction of sp³-hybridized carbons (Fsp3) is 0.462. The van der Waals surface area contributed by atoms with Crippen LogP contribution < -0.4 is 10.6 Å². The molecule has 1 unspecified atom stereocenters. The van der Waals surface area contributed by atoms with Gasteiger partial charge in [0.25, 0.3) is 0 Å². The van der Waals surface area contributed by atoms with E-state index in [9.17, 15) is 4.79 Å². The molecule has 0 fully saturated rings. The van der Waals surface area contributed by atoms with Crippen LogP contribution in [0.25, 0.3) is 0 Å². The number of carbonyl (C=O) groups excluding carboxylic acids is 1. The molecule has 92 valence electrons. The predicted octanol–water partition coefficient (Wildman–Crippen LogP) is 0.894. The van der Waals surface area contributed by atoms with Gasteiger partial charge in [-0.3, -0.25) is 4.79 Å². The summed E-state index contributed by atoms with van der Waals surface area (Å²) in [6.45, 7) is 1.16. The van der Waals surface area contributed by atoms with E-state index in [1.807, 2.05) is 19.2 Å². The molecule has 0 radical (unpaired) electrons. The van der Waals surface area contributed by atoms with Crippen LogP contribution in [0.1, 0.15) is 17.0 Å². The van der Waals surface area contributed by atoms with Gasteiger partial charge in [-0.1, -0.05) is 12.1 Å². The zero-order valence-electron chi connectivity index (χ0n) is 10.3. The number of fused-ring (bicyclic) bond motifs is 1. The number of likely N-dealkylation sites (N-methyl/N-ethyl adjacent to an activating group) is 1. The van der Waals surface area contributed by atoms with Crippen LogP contribution >= 0.6 is 0 Å². The number of nitrogens with two attached hydrogens (primary N) is 1. The Labute approximate surface area is 101 Å². The number of hydrogen-bond acceptors (Lipinski definition) is 3. The number of methoxy groups -OCH3 is 1. The number of ether oxygens (including phenoxy) is 1. The first-order valence-electron chi connectivity index (χ1n) is 5.75. The summed E-state index contributed by atoms with van der Waals surface area (Å²) in [4.78, 5) is 13.3. The largest absolute Gasteiger partial charge is 0.384 e. The topological polar surface area (TPSA) is 55.6 Å². The molecular formula is C13H18N2O2. The summed E-state index contributed by atoms with van der Waals surface area (Å²) >= 11 is 0. The average molecular weight is 234 g/mol. The summed E-state index contributed by atoms with van der Waals surface area (Å²) in [5.74, 6) is 0.347. The van der Waals surface area contributed by atoms with Gasteiger partial charge in [0.15, 0.2) is 0 Å². The monoisotopic (exact) mass is 234 g/mol. The Bertz CT molecular complexity index is 431. The normalized spacial score (nSPS) is 16.2. The lowest BCUT2D eigenvalue weighted by molar-refractivity contribution is -0.117. The zero-order valence-corrected chi connectivity index (χ0v) is 10.3. The molecule has 0 aliphatic carbocycles. The Morgan fingerprint density at radius 3 is 2.94 bits per heavy atom. The molecule has 1 heterocycles. The molecule has 1 aliphatic heterocycles. The summed E-state index contributed by atoms with van der Waals surface area (Å²) in [7, 11) is 3.48. The minimum Gasteiger partial charge on any atom is -0.384 e. The van der Waals surface area contributed by atoms with Gasteiger partial charge in [0.05, 0.1) is 13.0 Å². The SMILES string of the molecule is COCC(CN)c1ccc2c(c1)CC(=O)N2C. The first-order chi connectivity index (χ1) is 8.17. The van der Waals surface area contributed by atoms with Crippen molar-refractivity contribution >= 4 is 11.6 Å². The summed E-state index contributed by atoms with van der Waals surface area (Å²) in [6.07, 6.45) is 0.490. The van der Waals surface area contributed by atoms with E-state index in [1.165, 1.54) is 0 Å². The van der Waals surface area contributed by atoms with E-state index in [4.69, 9.17) is 10.5 Å². The third kappa shape index (κ3) is 2.18. The molecule has 2 N–H and O–H groups in total. The van der Waals surface area contributed by atoms with E-state index >= 15 is 0 Å². The van der Waals surface area contributed by atoms with E-state index in [0.29, 0.717) is 19.6 Å². The van der Waals surface area contributed by atoms with Gasteiger partial charge in [0, 0.05) is 32.3 Å². The van der Waals surface area contributed by atoms with Crippen LogP contribution in [0.3, 0.4) is 0 Å². The van der Waals surface area contributed by atoms with Crippen molar-refractivity contribution in [2.75, 3.05) is 32.2 Å². The van der Waals surface area contributed by atoms with E-state index in [-0.39, 0.29) is 11.8 Å². The van der Waals surface area contributed by atoms with Crippen molar-refractivity contribution in [3.05, 3.63) is 29.3 Å². The fourth-order valence-corrected chi connectivity index (χ4v) is 2.25. The number of benzene rings is 1. The van der Waals surface area contributed by atoms with E-state index in [0.717, 1.165) is 16.8 Å². The number of rotatable bonds is 4. The van der Waals surface area contributed by atoms with Gasteiger partial charge in [-0.05, 0) is 17.2 Å². The number of anilines is 1. The van der Waals surface area contributed by atoms with Gasteiger partial charge < -0.3 is 15.4 Å². The minimum atomic E-state index is 0.146. The smallest absolute Gasteiger partial charge is 0.231 e. The first kappa shape index (κ1) is 12.1. The van der Waals surface area contributed by atoms with Gasteiger partial charge in [-0.25, -0.2) is 0 Å². The van der Waals surface area contributed by atoms with Crippen LogP contribution in [0.5, 0.6) is 0 Å². The molecule has 17 heavy (non-hydrogen) atoms. The second-order valence-corrected chi connectivity index (χ2v) is 4.41. The maximum absolute atomic E-state index is 11.6. The van der Waals surface area contributed by atoms with Crippen LogP contribution in [0.4, 0.5) is 5.69 Å². The summed E-state index contributed by atoms with van der Waals surface area (Å²) in [6, 6.07) is 6.10. The number of carbonyl (C=O) groups is 1. The van der Waals surface area contributed by atoms with Crippen molar-refractivity contribution in [2.24, 2.45) is 5.73 Å². The Kier molecular flexibility index (Phi) is 3.45. The summed E-state index contributed by atoms with van der Waals surface area (Å²) in [5, 5.41) is 0. The molecule has 0 bridgehead atoms. The Balaban J connectivity index is 2.29. The molecule has 0 saturated heterocycles. The van der Waals surface area contributed by atoms with Crippen molar-refractivity contribution in [3.63, 3.8) is 0 Å². The minimum absolute atomic E-state index is 0.146. The summed E-state index contributed by atoms with van der Waals surface area (Å²) < 4.78 is 5.15. The van der Waals surface area contributed by atoms with Crippen molar-refractivity contribution < 1.29 is 9.53 Å². The molecule has 1 aromatic carbocycles. The highest BCUT2D eigenvalue weighted by Crippen LogP contribution is 2.30. The molecule has 2 rings (SSSR count). The van der Waals surface area contributed by atoms with Gasteiger partial charge in [-0.2, -0.15) is 0 Å². The van der Waals surface area contributed by atoms with Crippen LogP contribution in [0.2, 0.25) is 0 Å². The van der Waals surface area contributed by atoms with Crippen LogP contribution in [-0.4, -0.2) is 33.2 Å². The highest BCUT2D eigenvalue weighted by molar-refractivity contribution is 6.00. The van der Waals surface area contributed by atoms with Crippen molar-refractivity contribution in [1.29, 1.82) is 0 Å². The standard InChI is InChI=1S/C13H18N2O2/c1-15-12-4-3-9(11(7-14)8-17-2)5-10(12)6-13(15)16/h3-5,11H,6-8,14H2,1-2H3. The molecule has 1 atom stereocenters. The molecule has 1 aromatic rings. The highest BCUT2D eigenvalue weighted by atomic mass is 16.5. The predicted molar refractivity (Wildman–Crippen MR) is 67.2 cm³/mol. The third-order valence-corrected chi connectivity index (χ3v) is 3.30. The van der Waals surface area contributed by atoms with E-state index in [2.05, 4.69) is 6.07 Å². The van der Waals surface area contributed by atoms with Crippen molar-refractivity contribution in [3.8, 4) is 0 Å². The molecule has 1 amide bonds. The quantitative estimate of drug-likeness (QED) is 0.842. The molecule has 4 nitrogen and oxygen atoms in total. The fourth-order valence-electron chi connectivity index (χ4n) is 2.25. The zero-order chi connectivity index (χ0) is 12.4. The van der Waals surface area contributed by atoms with Crippen molar-refractivity contribution in [2.45, 2.75) is 12.3 Å². The van der Waals surface area contributed by atoms with Gasteiger partial charge >= 0.3 is 0 Å². The Morgan fingerprint density at radius 1 is 1.53 bits per heavy atom. The van der Waals surface area contributed by atoms with E-state index < -0.39 is 0 Å². The first-order valence-corrected chi connectivity index (χ1v) is 5.75. The Hall–Kier alpha value is -1.39. The lowest BCUT2D eigenvalue weighted by Crippen LogP contribution is -2.20. The summed E-state index contributed by atoms with van der Waals surface area (Å²) in [5.41, 5.74) is 8.98.